The van der Waals surface area contributed by atoms with Crippen LogP contribution in [-0.4, -0.2) is 36.8 Å². The molecular formula is C27H25Br2ClF2N6O5S. The number of methoxy groups -OCH3 is 2. The molecule has 3 heterocycles. The number of aryl methyl sites for hydroxylation is 3. The highest BCUT2D eigenvalue weighted by molar-refractivity contribution is 9.11. The van der Waals surface area contributed by atoms with Gasteiger partial charge in [-0.05, 0) is 63.8 Å². The van der Waals surface area contributed by atoms with E-state index in [-0.39, 0.29) is 21.4 Å². The van der Waals surface area contributed by atoms with Gasteiger partial charge in [0.25, 0.3) is 5.95 Å². The van der Waals surface area contributed by atoms with Gasteiger partial charge in [-0.1, -0.05) is 40.6 Å². The smallest absolute Gasteiger partial charge is 0.431 e. The molecular weight excluding hydrogens is 754 g/mol. The van der Waals surface area contributed by atoms with E-state index in [1.54, 1.807) is 32.0 Å². The molecule has 44 heavy (non-hydrogen) atoms. The summed E-state index contributed by atoms with van der Waals surface area (Å²) in [5, 5.41) is 20.3. The zero-order valence-corrected chi connectivity index (χ0v) is 28.6. The van der Waals surface area contributed by atoms with Crippen LogP contribution in [0.3, 0.4) is 0 Å². The molecule has 4 aromatic rings. The third kappa shape index (κ3) is 10.4. The van der Waals surface area contributed by atoms with E-state index in [0.29, 0.717) is 31.2 Å². The molecule has 0 atom stereocenters. The van der Waals surface area contributed by atoms with Crippen molar-refractivity contribution >= 4 is 59.1 Å². The second-order valence-electron chi connectivity index (χ2n) is 8.41. The van der Waals surface area contributed by atoms with Gasteiger partial charge in [0.2, 0.25) is 11.9 Å². The fourth-order valence-corrected chi connectivity index (χ4v) is 5.47. The van der Waals surface area contributed by atoms with Crippen molar-refractivity contribution in [3.8, 4) is 23.6 Å². The fourth-order valence-electron chi connectivity index (χ4n) is 3.54. The number of fused-ring (bicyclic) bond motifs is 1. The van der Waals surface area contributed by atoms with Crippen LogP contribution in [0, 0.1) is 55.3 Å². The summed E-state index contributed by atoms with van der Waals surface area (Å²) in [6.07, 6.45) is 2.71. The predicted molar refractivity (Wildman–Crippen MR) is 164 cm³/mol. The molecule has 0 saturated carbocycles. The molecule has 0 bridgehead atoms. The molecule has 0 unspecified atom stereocenters. The lowest BCUT2D eigenvalue weighted by Gasteiger charge is -2.14. The van der Waals surface area contributed by atoms with Gasteiger partial charge in [-0.25, -0.2) is 18.8 Å². The lowest BCUT2D eigenvalue weighted by molar-refractivity contribution is -0.670. The van der Waals surface area contributed by atoms with Crippen LogP contribution in [0.15, 0.2) is 62.1 Å². The second-order valence-corrected chi connectivity index (χ2v) is 11.9. The van der Waals surface area contributed by atoms with Crippen molar-refractivity contribution in [3.05, 3.63) is 91.4 Å². The average molecular weight is 779 g/mol. The summed E-state index contributed by atoms with van der Waals surface area (Å²) in [5.41, 5.74) is 2.71. The van der Waals surface area contributed by atoms with E-state index in [0.717, 1.165) is 14.8 Å². The van der Waals surface area contributed by atoms with Crippen molar-refractivity contribution in [1.29, 1.82) is 10.5 Å². The topological polar surface area (TPSA) is 170 Å². The van der Waals surface area contributed by atoms with E-state index in [1.165, 1.54) is 38.7 Å². The number of nitrogen functional groups attached to an aromatic ring is 1. The zero-order chi connectivity index (χ0) is 33.9. The van der Waals surface area contributed by atoms with Crippen molar-refractivity contribution in [2.24, 2.45) is 0 Å². The number of pyridine rings is 2. The third-order valence-corrected chi connectivity index (χ3v) is 7.41. The first-order valence-corrected chi connectivity index (χ1v) is 15.1. The number of benzene rings is 1. The summed E-state index contributed by atoms with van der Waals surface area (Å²) in [6, 6.07) is 9.88. The van der Waals surface area contributed by atoms with Crippen LogP contribution in [0.25, 0.3) is 5.52 Å². The summed E-state index contributed by atoms with van der Waals surface area (Å²) in [6.45, 7) is 8.20. The molecule has 11 nitrogen and oxygen atoms in total. The number of hydrogen-bond donors (Lipinski definition) is 1. The van der Waals surface area contributed by atoms with Gasteiger partial charge in [0.15, 0.2) is 5.75 Å². The Bertz CT molecular complexity index is 1850. The number of halogens is 5. The van der Waals surface area contributed by atoms with Gasteiger partial charge in [0.05, 0.1) is 35.3 Å². The molecule has 0 fully saturated rings. The van der Waals surface area contributed by atoms with E-state index >= 15 is 0 Å². The highest BCUT2D eigenvalue weighted by Crippen LogP contribution is 2.28. The Balaban J connectivity index is 0.000000310. The molecule has 0 aliphatic rings. The number of nitrogens with zero attached hydrogens (tertiary/aromatic N) is 5. The van der Waals surface area contributed by atoms with Crippen LogP contribution in [0.2, 0.25) is 0 Å². The lowest BCUT2D eigenvalue weighted by atomic mass is 10.1. The van der Waals surface area contributed by atoms with Gasteiger partial charge >= 0.3 is 5.95 Å². The minimum absolute atomic E-state index is 0.0324. The predicted octanol–water partition coefficient (Wildman–Crippen LogP) is 5.49. The molecule has 0 amide bonds. The maximum atomic E-state index is 13.6. The fraction of sp³-hybridized carbons (Fsp3) is 0.185. The van der Waals surface area contributed by atoms with Crippen LogP contribution < -0.4 is 20.0 Å². The van der Waals surface area contributed by atoms with E-state index < -0.39 is 22.0 Å². The highest BCUT2D eigenvalue weighted by Gasteiger charge is 2.17. The molecule has 0 aliphatic heterocycles. The second kappa shape index (κ2) is 16.9. The first-order chi connectivity index (χ1) is 20.4. The standard InChI is InChI=1S/C9H5BrFN3O.C9H12O3S.C6H7BrFN2O.C3H2ClN/c1-15-7-2-6(10)8-5(3-12)4-13-14(8)9(7)11;1-6-4-7(2)9(8(3)5-6)13(10,11)12;1-11-5-2-4(7)3-10(9)6(5)8;1-3(4)2-5/h2,4H,1H3;4-5H,1-3H3,(H,10,11,12);2-3H,9H2,1H3;1H2/q;;+1;/p-1. The van der Waals surface area contributed by atoms with Crippen molar-refractivity contribution in [1.82, 2.24) is 9.61 Å². The largest absolute Gasteiger partial charge is 0.744 e. The SMILES string of the molecule is C=C(Cl)C#N.COc1cc(Br)c2c(C#N)cnn2c1F.COc1cc(Br)c[n+](N)c1F.Cc1cc(C)c(S(=O)(=O)[O-])c(C)c1. The van der Waals surface area contributed by atoms with Gasteiger partial charge < -0.3 is 14.0 Å². The first-order valence-electron chi connectivity index (χ1n) is 11.7. The van der Waals surface area contributed by atoms with Crippen LogP contribution in [0.1, 0.15) is 22.3 Å². The number of allylic oxidation sites excluding steroid dienone is 1. The Hall–Kier alpha value is -3.80. The number of nitriles is 2. The molecule has 17 heteroatoms. The molecule has 0 aliphatic carbocycles. The normalized spacial score (nSPS) is 10.0. The minimum atomic E-state index is -4.33. The summed E-state index contributed by atoms with van der Waals surface area (Å²) in [4.78, 5) is -0.0851. The number of nitrogens with two attached hydrogens (primary N) is 1. The van der Waals surface area contributed by atoms with Crippen LogP contribution >= 0.6 is 43.5 Å². The Labute approximate surface area is 274 Å². The van der Waals surface area contributed by atoms with Crippen LogP contribution in [-0.2, 0) is 10.1 Å². The zero-order valence-electron chi connectivity index (χ0n) is 23.8. The molecule has 0 spiro atoms. The maximum Gasteiger partial charge on any atom is 0.431 e. The Morgan fingerprint density at radius 1 is 1.11 bits per heavy atom. The summed E-state index contributed by atoms with van der Waals surface area (Å²) < 4.78 is 71.6. The van der Waals surface area contributed by atoms with Gasteiger partial charge in [-0.3, -0.25) is 0 Å². The number of aromatic nitrogens is 3. The molecule has 3 aromatic heterocycles. The first kappa shape index (κ1) is 38.2. The molecule has 0 saturated heterocycles. The van der Waals surface area contributed by atoms with Crippen molar-refractivity contribution in [2.75, 3.05) is 20.1 Å². The maximum absolute atomic E-state index is 13.6. The Morgan fingerprint density at radius 3 is 2.07 bits per heavy atom. The molecule has 0 radical (unpaired) electrons. The van der Waals surface area contributed by atoms with Crippen molar-refractivity contribution in [2.45, 2.75) is 25.7 Å². The monoisotopic (exact) mass is 776 g/mol. The van der Waals surface area contributed by atoms with Gasteiger partial charge in [0.1, 0.15) is 32.8 Å². The summed E-state index contributed by atoms with van der Waals surface area (Å²) in [7, 11) is -1.58. The summed E-state index contributed by atoms with van der Waals surface area (Å²) in [5.74, 6) is 4.18. The third-order valence-electron chi connectivity index (χ3n) is 5.14. The molecule has 1 aromatic carbocycles. The van der Waals surface area contributed by atoms with E-state index in [9.17, 15) is 21.8 Å². The van der Waals surface area contributed by atoms with Crippen molar-refractivity contribution in [3.63, 3.8) is 0 Å². The number of rotatable bonds is 3. The Kier molecular flexibility index (Phi) is 14.7. The van der Waals surface area contributed by atoms with Gasteiger partial charge in [-0.2, -0.15) is 20.0 Å². The quantitative estimate of drug-likeness (QED) is 0.0929. The average Bonchev–Trinajstić information content (AvgIpc) is 3.37. The Morgan fingerprint density at radius 2 is 1.64 bits per heavy atom. The highest BCUT2D eigenvalue weighted by atomic mass is 79.9. The number of ether oxygens (including phenoxy) is 2. The number of hydrogen-bond acceptors (Lipinski definition) is 9. The van der Waals surface area contributed by atoms with E-state index in [1.807, 2.05) is 13.0 Å². The van der Waals surface area contributed by atoms with Crippen molar-refractivity contribution < 1.29 is 35.9 Å². The van der Waals surface area contributed by atoms with E-state index in [2.05, 4.69) is 43.5 Å². The van der Waals surface area contributed by atoms with Crippen LogP contribution in [0.4, 0.5) is 8.78 Å². The van der Waals surface area contributed by atoms with E-state index in [4.69, 9.17) is 37.4 Å². The van der Waals surface area contributed by atoms with Crippen LogP contribution in [0.5, 0.6) is 11.5 Å². The molecule has 2 N–H and O–H groups in total. The molecule has 234 valence electrons. The van der Waals surface area contributed by atoms with Gasteiger partial charge in [0, 0.05) is 16.6 Å². The summed E-state index contributed by atoms with van der Waals surface area (Å²) >= 11 is 11.3. The lowest BCUT2D eigenvalue weighted by Crippen LogP contribution is -2.48. The minimum Gasteiger partial charge on any atom is -0.744 e. The molecule has 4 rings (SSSR count). The van der Waals surface area contributed by atoms with Gasteiger partial charge in [-0.15, -0.1) is 4.39 Å².